The molecule has 0 amide bonds. The summed E-state index contributed by atoms with van der Waals surface area (Å²) in [6.07, 6.45) is 2.47. The number of aliphatic hydroxyl groups excluding tert-OH is 1. The van der Waals surface area contributed by atoms with Crippen LogP contribution in [0, 0.1) is 5.92 Å². The summed E-state index contributed by atoms with van der Waals surface area (Å²) < 4.78 is 1.11. The number of halogens is 1. The average molecular weight is 255 g/mol. The fraction of sp³-hybridized carbons (Fsp3) is 1.00. The van der Waals surface area contributed by atoms with Crippen LogP contribution in [0.5, 0.6) is 0 Å². The van der Waals surface area contributed by atoms with Crippen molar-refractivity contribution < 1.29 is 5.11 Å². The van der Waals surface area contributed by atoms with E-state index < -0.39 is 0 Å². The van der Waals surface area contributed by atoms with E-state index in [1.54, 1.807) is 0 Å². The molecule has 1 aliphatic rings. The molecule has 1 N–H and O–H groups in total. The lowest BCUT2D eigenvalue weighted by Gasteiger charge is -2.29. The third-order valence-electron chi connectivity index (χ3n) is 2.03. The molecule has 0 aliphatic carbocycles. The average Bonchev–Trinajstić information content (AvgIpc) is 2.05. The second-order valence-electron chi connectivity index (χ2n) is 2.89. The number of aliphatic hydroxyl groups is 1. The molecule has 1 fully saturated rings. The van der Waals surface area contributed by atoms with Gasteiger partial charge in [0, 0.05) is 13.2 Å². The van der Waals surface area contributed by atoms with Crippen molar-refractivity contribution in [2.75, 3.05) is 24.2 Å². The van der Waals surface area contributed by atoms with Crippen molar-refractivity contribution in [3.63, 3.8) is 0 Å². The molecule has 1 unspecified atom stereocenters. The van der Waals surface area contributed by atoms with E-state index in [1.165, 1.54) is 19.4 Å². The number of hydrogen-bond donors (Lipinski definition) is 1. The molecule has 60 valence electrons. The molecule has 0 saturated carbocycles. The SMILES string of the molecule is OCC1CCCN(CI)C1. The van der Waals surface area contributed by atoms with Gasteiger partial charge in [-0.2, -0.15) is 0 Å². The predicted molar refractivity (Wildman–Crippen MR) is 50.3 cm³/mol. The Hall–Kier alpha value is 0.650. The van der Waals surface area contributed by atoms with Gasteiger partial charge in [-0.3, -0.25) is 4.90 Å². The molecule has 3 heteroatoms. The molecular weight excluding hydrogens is 241 g/mol. The minimum Gasteiger partial charge on any atom is -0.396 e. The summed E-state index contributed by atoms with van der Waals surface area (Å²) in [5.41, 5.74) is 0. The van der Waals surface area contributed by atoms with Crippen LogP contribution >= 0.6 is 22.6 Å². The largest absolute Gasteiger partial charge is 0.396 e. The van der Waals surface area contributed by atoms with E-state index in [1.807, 2.05) is 0 Å². The number of alkyl halides is 1. The lowest BCUT2D eigenvalue weighted by Crippen LogP contribution is -2.35. The fourth-order valence-corrected chi connectivity index (χ4v) is 2.03. The first-order valence-electron chi connectivity index (χ1n) is 3.76. The second-order valence-corrected chi connectivity index (χ2v) is 3.57. The van der Waals surface area contributed by atoms with E-state index in [9.17, 15) is 0 Å². The fourth-order valence-electron chi connectivity index (χ4n) is 1.41. The Morgan fingerprint density at radius 3 is 3.00 bits per heavy atom. The predicted octanol–water partition coefficient (Wildman–Crippen LogP) is 1.08. The van der Waals surface area contributed by atoms with Gasteiger partial charge in [-0.15, -0.1) is 0 Å². The van der Waals surface area contributed by atoms with Gasteiger partial charge in [0.25, 0.3) is 0 Å². The molecule has 0 radical (unpaired) electrons. The van der Waals surface area contributed by atoms with E-state index in [4.69, 9.17) is 5.11 Å². The molecule has 1 heterocycles. The van der Waals surface area contributed by atoms with Crippen LogP contribution in [-0.4, -0.2) is 34.3 Å². The maximum atomic E-state index is 8.88. The van der Waals surface area contributed by atoms with E-state index in [0.29, 0.717) is 12.5 Å². The van der Waals surface area contributed by atoms with Crippen LogP contribution in [0.1, 0.15) is 12.8 Å². The van der Waals surface area contributed by atoms with Crippen molar-refractivity contribution in [3.8, 4) is 0 Å². The van der Waals surface area contributed by atoms with Gasteiger partial charge in [0.1, 0.15) is 0 Å². The third kappa shape index (κ3) is 2.36. The molecule has 10 heavy (non-hydrogen) atoms. The molecule has 1 aliphatic heterocycles. The zero-order valence-corrected chi connectivity index (χ0v) is 8.25. The van der Waals surface area contributed by atoms with Crippen molar-refractivity contribution in [1.29, 1.82) is 0 Å². The van der Waals surface area contributed by atoms with Crippen molar-refractivity contribution in [2.24, 2.45) is 5.92 Å². The van der Waals surface area contributed by atoms with Crippen LogP contribution in [0.3, 0.4) is 0 Å². The van der Waals surface area contributed by atoms with Gasteiger partial charge < -0.3 is 5.11 Å². The van der Waals surface area contributed by atoms with Gasteiger partial charge in [-0.25, -0.2) is 0 Å². The maximum absolute atomic E-state index is 8.88. The van der Waals surface area contributed by atoms with E-state index in [-0.39, 0.29) is 0 Å². The van der Waals surface area contributed by atoms with Crippen molar-refractivity contribution in [2.45, 2.75) is 12.8 Å². The van der Waals surface area contributed by atoms with Crippen LogP contribution in [0.25, 0.3) is 0 Å². The molecule has 0 aromatic carbocycles. The number of rotatable bonds is 2. The standard InChI is InChI=1S/C7H14INO/c8-6-9-3-1-2-7(4-9)5-10/h7,10H,1-6H2. The van der Waals surface area contributed by atoms with Gasteiger partial charge in [-0.1, -0.05) is 22.6 Å². The quantitative estimate of drug-likeness (QED) is 0.453. The van der Waals surface area contributed by atoms with Crippen molar-refractivity contribution >= 4 is 22.6 Å². The Bertz CT molecular complexity index is 89.6. The van der Waals surface area contributed by atoms with E-state index >= 15 is 0 Å². The van der Waals surface area contributed by atoms with Crippen LogP contribution in [0.15, 0.2) is 0 Å². The third-order valence-corrected chi connectivity index (χ3v) is 3.00. The Morgan fingerprint density at radius 1 is 1.60 bits per heavy atom. The maximum Gasteiger partial charge on any atom is 0.0505 e. The van der Waals surface area contributed by atoms with E-state index in [0.717, 1.165) is 11.1 Å². The summed E-state index contributed by atoms with van der Waals surface area (Å²) in [6.45, 7) is 2.69. The lowest BCUT2D eigenvalue weighted by atomic mass is 10.00. The minimum absolute atomic E-state index is 0.368. The lowest BCUT2D eigenvalue weighted by molar-refractivity contribution is 0.137. The summed E-state index contributed by atoms with van der Waals surface area (Å²) in [6, 6.07) is 0. The first-order valence-corrected chi connectivity index (χ1v) is 5.28. The molecule has 0 aromatic rings. The zero-order chi connectivity index (χ0) is 7.40. The minimum atomic E-state index is 0.368. The van der Waals surface area contributed by atoms with Gasteiger partial charge in [0.15, 0.2) is 0 Å². The zero-order valence-electron chi connectivity index (χ0n) is 6.09. The van der Waals surface area contributed by atoms with E-state index in [2.05, 4.69) is 27.5 Å². The molecule has 1 rings (SSSR count). The van der Waals surface area contributed by atoms with Crippen LogP contribution in [0.4, 0.5) is 0 Å². The molecule has 1 saturated heterocycles. The highest BCUT2D eigenvalue weighted by Crippen LogP contribution is 2.15. The summed E-state index contributed by atoms with van der Waals surface area (Å²) in [5.74, 6) is 0.545. The molecule has 0 spiro atoms. The first kappa shape index (κ1) is 8.74. The van der Waals surface area contributed by atoms with Gasteiger partial charge in [-0.05, 0) is 25.3 Å². The summed E-state index contributed by atoms with van der Waals surface area (Å²) >= 11 is 2.38. The van der Waals surface area contributed by atoms with Crippen molar-refractivity contribution in [3.05, 3.63) is 0 Å². The second kappa shape index (κ2) is 4.51. The Labute approximate surface area is 75.7 Å². The highest BCUT2D eigenvalue weighted by Gasteiger charge is 2.17. The first-order chi connectivity index (χ1) is 4.86. The molecule has 2 nitrogen and oxygen atoms in total. The Balaban J connectivity index is 2.25. The summed E-state index contributed by atoms with van der Waals surface area (Å²) in [4.78, 5) is 2.39. The molecule has 0 aromatic heterocycles. The molecule has 0 bridgehead atoms. The topological polar surface area (TPSA) is 23.5 Å². The Morgan fingerprint density at radius 2 is 2.40 bits per heavy atom. The number of hydrogen-bond acceptors (Lipinski definition) is 2. The van der Waals surface area contributed by atoms with Gasteiger partial charge in [0.2, 0.25) is 0 Å². The van der Waals surface area contributed by atoms with Crippen LogP contribution in [-0.2, 0) is 0 Å². The van der Waals surface area contributed by atoms with Gasteiger partial charge in [0.05, 0.1) is 4.55 Å². The number of nitrogens with zero attached hydrogens (tertiary/aromatic N) is 1. The number of piperidine rings is 1. The highest BCUT2D eigenvalue weighted by atomic mass is 127. The summed E-state index contributed by atoms with van der Waals surface area (Å²) in [7, 11) is 0. The monoisotopic (exact) mass is 255 g/mol. The molecule has 1 atom stereocenters. The highest BCUT2D eigenvalue weighted by molar-refractivity contribution is 14.1. The van der Waals surface area contributed by atoms with Gasteiger partial charge >= 0.3 is 0 Å². The van der Waals surface area contributed by atoms with Crippen LogP contribution in [0.2, 0.25) is 0 Å². The summed E-state index contributed by atoms with van der Waals surface area (Å²) in [5, 5.41) is 8.88. The smallest absolute Gasteiger partial charge is 0.0505 e. The Kier molecular flexibility index (Phi) is 3.95. The van der Waals surface area contributed by atoms with Crippen LogP contribution < -0.4 is 0 Å². The van der Waals surface area contributed by atoms with Crippen molar-refractivity contribution in [1.82, 2.24) is 4.90 Å². The number of likely N-dealkylation sites (tertiary alicyclic amines) is 1. The normalized spacial score (nSPS) is 28.8. The molecular formula is C7H14INO.